The number of amides is 1. The molecular formula is C19H27NO5. The summed E-state index contributed by atoms with van der Waals surface area (Å²) in [5, 5.41) is 0. The highest BCUT2D eigenvalue weighted by Crippen LogP contribution is 2.23. The molecule has 1 aromatic rings. The molecule has 1 amide bonds. The maximum absolute atomic E-state index is 12.3. The molecule has 1 aromatic carbocycles. The predicted octanol–water partition coefficient (Wildman–Crippen LogP) is 3.56. The number of hydrogen-bond acceptors (Lipinski definition) is 5. The highest BCUT2D eigenvalue weighted by molar-refractivity contribution is 5.91. The second-order valence-corrected chi connectivity index (χ2v) is 7.25. The summed E-state index contributed by atoms with van der Waals surface area (Å²) in [6, 6.07) is 5.23. The summed E-state index contributed by atoms with van der Waals surface area (Å²) in [5.74, 6) is 0.303. The number of carbonyl (C=O) groups is 2. The van der Waals surface area contributed by atoms with Gasteiger partial charge in [-0.05, 0) is 64.3 Å². The van der Waals surface area contributed by atoms with Crippen LogP contribution < -0.4 is 4.74 Å². The number of esters is 1. The van der Waals surface area contributed by atoms with Gasteiger partial charge in [-0.15, -0.1) is 0 Å². The Bertz CT molecular complexity index is 635. The number of hydrogen-bond donors (Lipinski definition) is 0. The molecular weight excluding hydrogens is 322 g/mol. The molecule has 0 aromatic heterocycles. The van der Waals surface area contributed by atoms with Crippen LogP contribution in [0.15, 0.2) is 18.2 Å². The second kappa shape index (κ2) is 7.76. The lowest BCUT2D eigenvalue weighted by molar-refractivity contribution is 0.0187. The van der Waals surface area contributed by atoms with Crippen LogP contribution in [0.5, 0.6) is 5.75 Å². The first-order valence-corrected chi connectivity index (χ1v) is 8.52. The molecule has 0 unspecified atom stereocenters. The van der Waals surface area contributed by atoms with Crippen molar-refractivity contribution in [3.05, 3.63) is 29.3 Å². The van der Waals surface area contributed by atoms with Crippen LogP contribution in [-0.4, -0.2) is 48.9 Å². The van der Waals surface area contributed by atoms with E-state index >= 15 is 0 Å². The van der Waals surface area contributed by atoms with Crippen LogP contribution in [0.2, 0.25) is 0 Å². The Balaban J connectivity index is 1.97. The summed E-state index contributed by atoms with van der Waals surface area (Å²) in [4.78, 5) is 25.6. The van der Waals surface area contributed by atoms with Crippen molar-refractivity contribution in [1.82, 2.24) is 4.90 Å². The molecule has 1 atom stereocenters. The Morgan fingerprint density at radius 3 is 2.60 bits per heavy atom. The van der Waals surface area contributed by atoms with Crippen LogP contribution in [0.25, 0.3) is 0 Å². The number of likely N-dealkylation sites (tertiary alicyclic amines) is 1. The van der Waals surface area contributed by atoms with E-state index < -0.39 is 5.60 Å². The van der Waals surface area contributed by atoms with Gasteiger partial charge in [0.2, 0.25) is 0 Å². The van der Waals surface area contributed by atoms with Gasteiger partial charge in [0.1, 0.15) is 18.0 Å². The first-order valence-electron chi connectivity index (χ1n) is 8.52. The summed E-state index contributed by atoms with van der Waals surface area (Å²) < 4.78 is 16.0. The minimum Gasteiger partial charge on any atom is -0.491 e. The van der Waals surface area contributed by atoms with Crippen LogP contribution in [0, 0.1) is 6.92 Å². The number of methoxy groups -OCH3 is 1. The molecule has 1 aliphatic heterocycles. The van der Waals surface area contributed by atoms with Gasteiger partial charge in [-0.2, -0.15) is 0 Å². The Labute approximate surface area is 149 Å². The van der Waals surface area contributed by atoms with Crippen LogP contribution >= 0.6 is 0 Å². The third-order valence-corrected chi connectivity index (χ3v) is 4.05. The third-order valence-electron chi connectivity index (χ3n) is 4.05. The molecule has 138 valence electrons. The van der Waals surface area contributed by atoms with Crippen molar-refractivity contribution >= 4 is 12.1 Å². The van der Waals surface area contributed by atoms with Gasteiger partial charge in [0.25, 0.3) is 0 Å². The van der Waals surface area contributed by atoms with E-state index in [1.165, 1.54) is 7.11 Å². The molecule has 1 saturated heterocycles. The summed E-state index contributed by atoms with van der Waals surface area (Å²) in [7, 11) is 1.36. The Hall–Kier alpha value is -2.24. The molecule has 2 rings (SSSR count). The fraction of sp³-hybridized carbons (Fsp3) is 0.579. The van der Waals surface area contributed by atoms with Gasteiger partial charge in [0.05, 0.1) is 18.7 Å². The van der Waals surface area contributed by atoms with E-state index in [0.717, 1.165) is 18.4 Å². The van der Waals surface area contributed by atoms with Crippen molar-refractivity contribution in [2.45, 2.75) is 52.2 Å². The number of rotatable bonds is 4. The number of nitrogens with zero attached hydrogens (tertiary/aromatic N) is 1. The van der Waals surface area contributed by atoms with Crippen LogP contribution in [-0.2, 0) is 9.47 Å². The fourth-order valence-electron chi connectivity index (χ4n) is 2.83. The van der Waals surface area contributed by atoms with Crippen LogP contribution in [0.1, 0.15) is 49.5 Å². The van der Waals surface area contributed by atoms with Crippen molar-refractivity contribution in [1.29, 1.82) is 0 Å². The minimum absolute atomic E-state index is 0.00422. The zero-order valence-corrected chi connectivity index (χ0v) is 15.6. The molecule has 0 saturated carbocycles. The molecule has 0 bridgehead atoms. The third kappa shape index (κ3) is 5.11. The fourth-order valence-corrected chi connectivity index (χ4v) is 2.83. The lowest BCUT2D eigenvalue weighted by Gasteiger charge is -2.28. The lowest BCUT2D eigenvalue weighted by atomic mass is 10.1. The Kier molecular flexibility index (Phi) is 5.93. The average Bonchev–Trinajstić information content (AvgIpc) is 2.99. The maximum Gasteiger partial charge on any atom is 0.410 e. The van der Waals surface area contributed by atoms with Gasteiger partial charge >= 0.3 is 12.1 Å². The quantitative estimate of drug-likeness (QED) is 0.778. The molecule has 1 aliphatic rings. The van der Waals surface area contributed by atoms with Gasteiger partial charge < -0.3 is 19.1 Å². The van der Waals surface area contributed by atoms with Gasteiger partial charge in [-0.3, -0.25) is 0 Å². The average molecular weight is 349 g/mol. The van der Waals surface area contributed by atoms with E-state index in [0.29, 0.717) is 24.5 Å². The number of aryl methyl sites for hydroxylation is 1. The summed E-state index contributed by atoms with van der Waals surface area (Å²) in [6.45, 7) is 8.50. The molecule has 1 fully saturated rings. The van der Waals surface area contributed by atoms with E-state index in [4.69, 9.17) is 14.2 Å². The smallest absolute Gasteiger partial charge is 0.410 e. The zero-order chi connectivity index (χ0) is 18.6. The van der Waals surface area contributed by atoms with Crippen molar-refractivity contribution in [3.8, 4) is 5.75 Å². The normalized spacial score (nSPS) is 17.3. The van der Waals surface area contributed by atoms with E-state index in [1.807, 2.05) is 27.7 Å². The summed E-state index contributed by atoms with van der Waals surface area (Å²) in [6.07, 6.45) is 1.53. The molecule has 0 aliphatic carbocycles. The zero-order valence-electron chi connectivity index (χ0n) is 15.6. The van der Waals surface area contributed by atoms with Gasteiger partial charge in [-0.25, -0.2) is 9.59 Å². The van der Waals surface area contributed by atoms with Crippen molar-refractivity contribution in [2.75, 3.05) is 20.3 Å². The maximum atomic E-state index is 12.3. The standard InChI is InChI=1S/C19H27NO5/c1-13-11-15(8-9-16(13)17(21)23-5)24-12-14-7-6-10-20(14)18(22)25-19(2,3)4/h8-9,11,14H,6-7,10,12H2,1-5H3/t14-/m0/s1. The number of benzene rings is 1. The Morgan fingerprint density at radius 1 is 1.28 bits per heavy atom. The van der Waals surface area contributed by atoms with E-state index in [-0.39, 0.29) is 18.1 Å². The highest BCUT2D eigenvalue weighted by Gasteiger charge is 2.32. The van der Waals surface area contributed by atoms with E-state index in [1.54, 1.807) is 23.1 Å². The van der Waals surface area contributed by atoms with Gasteiger partial charge in [0, 0.05) is 6.54 Å². The lowest BCUT2D eigenvalue weighted by Crippen LogP contribution is -2.42. The molecule has 6 heteroatoms. The highest BCUT2D eigenvalue weighted by atomic mass is 16.6. The van der Waals surface area contributed by atoms with E-state index in [2.05, 4.69) is 0 Å². The Morgan fingerprint density at radius 2 is 2.00 bits per heavy atom. The first-order chi connectivity index (χ1) is 11.7. The van der Waals surface area contributed by atoms with Crippen molar-refractivity contribution < 1.29 is 23.8 Å². The van der Waals surface area contributed by atoms with Crippen LogP contribution in [0.3, 0.4) is 0 Å². The molecule has 6 nitrogen and oxygen atoms in total. The van der Waals surface area contributed by atoms with Crippen molar-refractivity contribution in [3.63, 3.8) is 0 Å². The molecule has 0 N–H and O–H groups in total. The SMILES string of the molecule is COC(=O)c1ccc(OC[C@@H]2CCCN2C(=O)OC(C)(C)C)cc1C. The van der Waals surface area contributed by atoms with Gasteiger partial charge in [-0.1, -0.05) is 0 Å². The number of carbonyl (C=O) groups excluding carboxylic acids is 2. The minimum atomic E-state index is -0.508. The largest absolute Gasteiger partial charge is 0.491 e. The molecule has 0 radical (unpaired) electrons. The topological polar surface area (TPSA) is 65.1 Å². The summed E-state index contributed by atoms with van der Waals surface area (Å²) in [5.41, 5.74) is 0.803. The predicted molar refractivity (Wildman–Crippen MR) is 94.0 cm³/mol. The van der Waals surface area contributed by atoms with Crippen LogP contribution in [0.4, 0.5) is 4.79 Å². The molecule has 0 spiro atoms. The first kappa shape index (κ1) is 19.1. The second-order valence-electron chi connectivity index (χ2n) is 7.25. The molecule has 1 heterocycles. The summed E-state index contributed by atoms with van der Waals surface area (Å²) >= 11 is 0. The van der Waals surface area contributed by atoms with E-state index in [9.17, 15) is 9.59 Å². The number of ether oxygens (including phenoxy) is 3. The monoisotopic (exact) mass is 349 g/mol. The molecule has 25 heavy (non-hydrogen) atoms. The van der Waals surface area contributed by atoms with Gasteiger partial charge in [0.15, 0.2) is 0 Å². The van der Waals surface area contributed by atoms with Crippen molar-refractivity contribution in [2.24, 2.45) is 0 Å².